The van der Waals surface area contributed by atoms with E-state index in [0.717, 1.165) is 30.4 Å². The van der Waals surface area contributed by atoms with Crippen molar-refractivity contribution in [2.75, 3.05) is 5.32 Å². The predicted molar refractivity (Wildman–Crippen MR) is 89.5 cm³/mol. The Hall–Kier alpha value is -2.05. The molecule has 0 spiro atoms. The Bertz CT molecular complexity index is 800. The number of H-pyrrole nitrogens is 1. The molecule has 1 saturated carbocycles. The van der Waals surface area contributed by atoms with Crippen LogP contribution in [0.3, 0.4) is 0 Å². The zero-order chi connectivity index (χ0) is 15.8. The van der Waals surface area contributed by atoms with Crippen LogP contribution in [0, 0.1) is 5.92 Å². The Morgan fingerprint density at radius 2 is 2.30 bits per heavy atom. The molecule has 1 aliphatic carbocycles. The fourth-order valence-corrected chi connectivity index (χ4v) is 3.51. The second-order valence-corrected chi connectivity index (χ2v) is 6.60. The van der Waals surface area contributed by atoms with E-state index in [9.17, 15) is 5.11 Å². The quantitative estimate of drug-likeness (QED) is 0.686. The molecule has 0 saturated heterocycles. The lowest BCUT2D eigenvalue weighted by atomic mass is 10.1. The van der Waals surface area contributed by atoms with Crippen molar-refractivity contribution in [3.05, 3.63) is 41.9 Å². The van der Waals surface area contributed by atoms with Gasteiger partial charge in [0.05, 0.1) is 29.5 Å². The zero-order valence-corrected chi connectivity index (χ0v) is 13.2. The Balaban J connectivity index is 1.45. The molecule has 120 valence electrons. The van der Waals surface area contributed by atoms with E-state index in [0.29, 0.717) is 16.9 Å². The first-order valence-electron chi connectivity index (χ1n) is 7.73. The van der Waals surface area contributed by atoms with Gasteiger partial charge in [-0.15, -0.1) is 0 Å². The predicted octanol–water partition coefficient (Wildman–Crippen LogP) is 2.66. The molecule has 2 heterocycles. The highest BCUT2D eigenvalue weighted by molar-refractivity contribution is 6.31. The maximum atomic E-state index is 10.3. The van der Waals surface area contributed by atoms with Crippen LogP contribution in [0.15, 0.2) is 36.9 Å². The van der Waals surface area contributed by atoms with Crippen molar-refractivity contribution >= 4 is 28.6 Å². The summed E-state index contributed by atoms with van der Waals surface area (Å²) in [5.41, 5.74) is 1.75. The van der Waals surface area contributed by atoms with Gasteiger partial charge in [-0.2, -0.15) is 0 Å². The summed E-state index contributed by atoms with van der Waals surface area (Å²) >= 11 is 5.99. The number of benzene rings is 1. The summed E-state index contributed by atoms with van der Waals surface area (Å²) in [6.45, 7) is 0.880. The number of rotatable bonds is 4. The van der Waals surface area contributed by atoms with Crippen LogP contribution in [0.5, 0.6) is 0 Å². The van der Waals surface area contributed by atoms with Gasteiger partial charge in [0.1, 0.15) is 0 Å². The highest BCUT2D eigenvalue weighted by Crippen LogP contribution is 2.30. The number of imidazole rings is 2. The molecule has 0 amide bonds. The molecular formula is C16H18ClN5O. The SMILES string of the molecule is O[C@@H]1CC(Cn2ccnc2)C[C@H]1Nc1nc2ccc(Cl)cc2[nH]1. The van der Waals surface area contributed by atoms with Crippen molar-refractivity contribution in [2.24, 2.45) is 5.92 Å². The average Bonchev–Trinajstić information content (AvgIpc) is 3.21. The van der Waals surface area contributed by atoms with E-state index < -0.39 is 0 Å². The molecule has 6 nitrogen and oxygen atoms in total. The summed E-state index contributed by atoms with van der Waals surface area (Å²) in [6, 6.07) is 5.55. The van der Waals surface area contributed by atoms with Crippen LogP contribution in [0.25, 0.3) is 11.0 Å². The monoisotopic (exact) mass is 331 g/mol. The molecule has 3 atom stereocenters. The highest BCUT2D eigenvalue weighted by Gasteiger charge is 2.33. The van der Waals surface area contributed by atoms with E-state index in [-0.39, 0.29) is 12.1 Å². The number of halogens is 1. The molecule has 3 N–H and O–H groups in total. The lowest BCUT2D eigenvalue weighted by Crippen LogP contribution is -2.28. The number of hydrogen-bond donors (Lipinski definition) is 3. The van der Waals surface area contributed by atoms with Crippen LogP contribution >= 0.6 is 11.6 Å². The van der Waals surface area contributed by atoms with Crippen molar-refractivity contribution in [1.29, 1.82) is 0 Å². The van der Waals surface area contributed by atoms with Gasteiger partial charge < -0.3 is 20.0 Å². The Morgan fingerprint density at radius 1 is 1.39 bits per heavy atom. The van der Waals surface area contributed by atoms with Crippen molar-refractivity contribution in [3.8, 4) is 0 Å². The molecule has 0 radical (unpaired) electrons. The first kappa shape index (κ1) is 14.5. The number of aromatic amines is 1. The maximum Gasteiger partial charge on any atom is 0.201 e. The van der Waals surface area contributed by atoms with E-state index in [1.165, 1.54) is 0 Å². The van der Waals surface area contributed by atoms with Crippen molar-refractivity contribution < 1.29 is 5.11 Å². The van der Waals surface area contributed by atoms with Crippen LogP contribution < -0.4 is 5.32 Å². The number of nitrogens with zero attached hydrogens (tertiary/aromatic N) is 3. The van der Waals surface area contributed by atoms with E-state index in [4.69, 9.17) is 11.6 Å². The molecular weight excluding hydrogens is 314 g/mol. The molecule has 1 aliphatic rings. The van der Waals surface area contributed by atoms with E-state index in [1.54, 1.807) is 6.20 Å². The van der Waals surface area contributed by atoms with E-state index >= 15 is 0 Å². The number of anilines is 1. The molecule has 0 bridgehead atoms. The first-order valence-corrected chi connectivity index (χ1v) is 8.11. The largest absolute Gasteiger partial charge is 0.391 e. The van der Waals surface area contributed by atoms with Gasteiger partial charge in [-0.25, -0.2) is 9.97 Å². The Morgan fingerprint density at radius 3 is 3.13 bits per heavy atom. The van der Waals surface area contributed by atoms with Crippen LogP contribution in [0.1, 0.15) is 12.8 Å². The van der Waals surface area contributed by atoms with Crippen molar-refractivity contribution in [2.45, 2.75) is 31.5 Å². The van der Waals surface area contributed by atoms with Gasteiger partial charge in [0.15, 0.2) is 0 Å². The van der Waals surface area contributed by atoms with Gasteiger partial charge in [-0.05, 0) is 37.0 Å². The summed E-state index contributed by atoms with van der Waals surface area (Å²) in [5.74, 6) is 1.10. The third kappa shape index (κ3) is 3.04. The summed E-state index contributed by atoms with van der Waals surface area (Å²) in [5, 5.41) is 14.3. The van der Waals surface area contributed by atoms with E-state index in [1.807, 2.05) is 30.7 Å². The number of hydrogen-bond acceptors (Lipinski definition) is 4. The number of fused-ring (bicyclic) bond motifs is 1. The van der Waals surface area contributed by atoms with Crippen molar-refractivity contribution in [1.82, 2.24) is 19.5 Å². The number of aromatic nitrogens is 4. The van der Waals surface area contributed by atoms with Gasteiger partial charge in [-0.1, -0.05) is 11.6 Å². The summed E-state index contributed by atoms with van der Waals surface area (Å²) in [6.07, 6.45) is 6.85. The maximum absolute atomic E-state index is 10.3. The topological polar surface area (TPSA) is 78.8 Å². The zero-order valence-electron chi connectivity index (χ0n) is 12.5. The molecule has 0 aliphatic heterocycles. The molecule has 4 rings (SSSR count). The smallest absolute Gasteiger partial charge is 0.201 e. The lowest BCUT2D eigenvalue weighted by molar-refractivity contribution is 0.166. The fourth-order valence-electron chi connectivity index (χ4n) is 3.34. The van der Waals surface area contributed by atoms with Gasteiger partial charge in [0.2, 0.25) is 5.95 Å². The van der Waals surface area contributed by atoms with Gasteiger partial charge >= 0.3 is 0 Å². The Kier molecular flexibility index (Phi) is 3.71. The van der Waals surface area contributed by atoms with Gasteiger partial charge in [0, 0.05) is 24.0 Å². The molecule has 1 aromatic carbocycles. The molecule has 3 aromatic rings. The number of aliphatic hydroxyl groups is 1. The average molecular weight is 332 g/mol. The molecule has 1 fully saturated rings. The van der Waals surface area contributed by atoms with Crippen LogP contribution in [0.2, 0.25) is 5.02 Å². The minimum absolute atomic E-state index is 0.000411. The lowest BCUT2D eigenvalue weighted by Gasteiger charge is -2.15. The summed E-state index contributed by atoms with van der Waals surface area (Å²) < 4.78 is 2.06. The van der Waals surface area contributed by atoms with Gasteiger partial charge in [0.25, 0.3) is 0 Å². The van der Waals surface area contributed by atoms with Crippen LogP contribution in [-0.4, -0.2) is 36.8 Å². The third-order valence-electron chi connectivity index (χ3n) is 4.42. The highest BCUT2D eigenvalue weighted by atomic mass is 35.5. The van der Waals surface area contributed by atoms with Crippen LogP contribution in [-0.2, 0) is 6.54 Å². The molecule has 23 heavy (non-hydrogen) atoms. The summed E-state index contributed by atoms with van der Waals surface area (Å²) in [7, 11) is 0. The normalized spacial score (nSPS) is 24.3. The van der Waals surface area contributed by atoms with Gasteiger partial charge in [-0.3, -0.25) is 0 Å². The first-order chi connectivity index (χ1) is 11.2. The standard InChI is InChI=1S/C16H18ClN5O/c17-11-1-2-12-13(7-11)20-16(19-12)21-14-5-10(6-15(14)23)8-22-4-3-18-9-22/h1-4,7,9-10,14-15,23H,5-6,8H2,(H2,19,20,21)/t10?,14-,15-/m1/s1. The molecule has 2 aromatic heterocycles. The Labute approximate surface area is 138 Å². The number of nitrogens with one attached hydrogen (secondary N) is 2. The van der Waals surface area contributed by atoms with Crippen molar-refractivity contribution in [3.63, 3.8) is 0 Å². The second-order valence-electron chi connectivity index (χ2n) is 6.16. The minimum atomic E-state index is -0.375. The molecule has 7 heteroatoms. The second kappa shape index (κ2) is 5.86. The number of aliphatic hydroxyl groups excluding tert-OH is 1. The molecule has 1 unspecified atom stereocenters. The fraction of sp³-hybridized carbons (Fsp3) is 0.375. The van der Waals surface area contributed by atoms with Crippen LogP contribution in [0.4, 0.5) is 5.95 Å². The minimum Gasteiger partial charge on any atom is -0.391 e. The summed E-state index contributed by atoms with van der Waals surface area (Å²) in [4.78, 5) is 11.8. The third-order valence-corrected chi connectivity index (χ3v) is 4.66. The van der Waals surface area contributed by atoms with E-state index in [2.05, 4.69) is 24.8 Å².